The Morgan fingerprint density at radius 2 is 1.76 bits per heavy atom. The molecule has 0 aliphatic rings. The summed E-state index contributed by atoms with van der Waals surface area (Å²) < 4.78 is 6.46. The number of ether oxygens (including phenoxy) is 1. The van der Waals surface area contributed by atoms with E-state index < -0.39 is 0 Å². The Labute approximate surface area is 180 Å². The standard InChI is InChI=1S/C24H25BrN2O2/c1-16(18-10-9-17-7-5-6-8-19(17)13-18)26-27-23(28)15-29-22-12-11-20(14-21(22)25)24(2,3)4/h5-14H,15H2,1-4H3,(H,27,28). The van der Waals surface area contributed by atoms with Crippen LogP contribution in [0.15, 0.2) is 70.2 Å². The molecule has 0 saturated carbocycles. The number of amides is 1. The molecule has 0 bridgehead atoms. The number of hydrazone groups is 1. The van der Waals surface area contributed by atoms with E-state index in [4.69, 9.17) is 4.74 Å². The molecule has 0 heterocycles. The van der Waals surface area contributed by atoms with E-state index in [0.717, 1.165) is 21.1 Å². The highest BCUT2D eigenvalue weighted by atomic mass is 79.9. The van der Waals surface area contributed by atoms with Gasteiger partial charge >= 0.3 is 0 Å². The van der Waals surface area contributed by atoms with Gasteiger partial charge in [0.2, 0.25) is 0 Å². The van der Waals surface area contributed by atoms with Crippen molar-refractivity contribution in [1.82, 2.24) is 5.43 Å². The fraction of sp³-hybridized carbons (Fsp3) is 0.250. The third-order valence-corrected chi connectivity index (χ3v) is 5.29. The number of rotatable bonds is 5. The van der Waals surface area contributed by atoms with Crippen molar-refractivity contribution in [3.05, 3.63) is 76.3 Å². The van der Waals surface area contributed by atoms with Gasteiger partial charge in [-0.3, -0.25) is 4.79 Å². The van der Waals surface area contributed by atoms with Crippen molar-refractivity contribution >= 4 is 38.3 Å². The van der Waals surface area contributed by atoms with Gasteiger partial charge in [-0.1, -0.05) is 63.2 Å². The van der Waals surface area contributed by atoms with Crippen LogP contribution in [0, 0.1) is 0 Å². The molecule has 3 rings (SSSR count). The number of hydrogen-bond acceptors (Lipinski definition) is 3. The van der Waals surface area contributed by atoms with Crippen molar-refractivity contribution in [2.45, 2.75) is 33.1 Å². The van der Waals surface area contributed by atoms with Gasteiger partial charge in [0.15, 0.2) is 6.61 Å². The second-order valence-electron chi connectivity index (χ2n) is 7.98. The zero-order valence-electron chi connectivity index (χ0n) is 17.1. The van der Waals surface area contributed by atoms with Gasteiger partial charge in [0.1, 0.15) is 5.75 Å². The predicted molar refractivity (Wildman–Crippen MR) is 123 cm³/mol. The highest BCUT2D eigenvalue weighted by molar-refractivity contribution is 9.10. The van der Waals surface area contributed by atoms with Crippen LogP contribution in [0.4, 0.5) is 0 Å². The molecule has 0 aliphatic carbocycles. The first kappa shape index (κ1) is 21.1. The van der Waals surface area contributed by atoms with Crippen LogP contribution in [0.2, 0.25) is 0 Å². The molecule has 0 aliphatic heterocycles. The quantitative estimate of drug-likeness (QED) is 0.391. The molecule has 0 fully saturated rings. The number of nitrogens with zero attached hydrogens (tertiary/aromatic N) is 1. The van der Waals surface area contributed by atoms with E-state index in [1.54, 1.807) is 0 Å². The molecule has 0 radical (unpaired) electrons. The summed E-state index contributed by atoms with van der Waals surface area (Å²) in [5.74, 6) is 0.320. The van der Waals surface area contributed by atoms with Crippen molar-refractivity contribution < 1.29 is 9.53 Å². The van der Waals surface area contributed by atoms with E-state index in [1.807, 2.05) is 49.4 Å². The van der Waals surface area contributed by atoms with E-state index in [9.17, 15) is 4.79 Å². The van der Waals surface area contributed by atoms with Crippen LogP contribution in [0.5, 0.6) is 5.75 Å². The average molecular weight is 453 g/mol. The summed E-state index contributed by atoms with van der Waals surface area (Å²) in [5.41, 5.74) is 5.50. The predicted octanol–water partition coefficient (Wildman–Crippen LogP) is 5.82. The van der Waals surface area contributed by atoms with Crippen molar-refractivity contribution in [2.75, 3.05) is 6.61 Å². The SMILES string of the molecule is CC(=NNC(=O)COc1ccc(C(C)(C)C)cc1Br)c1ccc2ccccc2c1. The van der Waals surface area contributed by atoms with Crippen molar-refractivity contribution in [1.29, 1.82) is 0 Å². The summed E-state index contributed by atoms with van der Waals surface area (Å²) in [7, 11) is 0. The third kappa shape index (κ3) is 5.45. The smallest absolute Gasteiger partial charge is 0.277 e. The molecule has 4 nitrogen and oxygen atoms in total. The fourth-order valence-electron chi connectivity index (χ4n) is 2.89. The second kappa shape index (κ2) is 8.78. The number of carbonyl (C=O) groups excluding carboxylic acids is 1. The van der Waals surface area contributed by atoms with Crippen LogP contribution in [-0.2, 0) is 10.2 Å². The fourth-order valence-corrected chi connectivity index (χ4v) is 3.38. The molecule has 1 amide bonds. The van der Waals surface area contributed by atoms with Crippen molar-refractivity contribution in [2.24, 2.45) is 5.10 Å². The second-order valence-corrected chi connectivity index (χ2v) is 8.83. The van der Waals surface area contributed by atoms with E-state index >= 15 is 0 Å². The monoisotopic (exact) mass is 452 g/mol. The first-order chi connectivity index (χ1) is 13.7. The van der Waals surface area contributed by atoms with Crippen molar-refractivity contribution in [3.8, 4) is 5.75 Å². The Kier molecular flexibility index (Phi) is 6.38. The lowest BCUT2D eigenvalue weighted by atomic mass is 9.87. The Morgan fingerprint density at radius 3 is 2.45 bits per heavy atom. The molecule has 0 atom stereocenters. The Bertz CT molecular complexity index is 1070. The number of nitrogens with one attached hydrogen (secondary N) is 1. The minimum absolute atomic E-state index is 0.0490. The Balaban J connectivity index is 1.60. The van der Waals surface area contributed by atoms with E-state index in [1.165, 1.54) is 10.9 Å². The van der Waals surface area contributed by atoms with Crippen LogP contribution in [0.25, 0.3) is 10.8 Å². The lowest BCUT2D eigenvalue weighted by Gasteiger charge is -2.20. The summed E-state index contributed by atoms with van der Waals surface area (Å²) in [6.45, 7) is 8.21. The Morgan fingerprint density at radius 1 is 1.03 bits per heavy atom. The lowest BCUT2D eigenvalue weighted by Crippen LogP contribution is -2.25. The Hall–Kier alpha value is -2.66. The summed E-state index contributed by atoms with van der Waals surface area (Å²) in [6.07, 6.45) is 0. The highest BCUT2D eigenvalue weighted by Crippen LogP contribution is 2.31. The number of halogens is 1. The van der Waals surface area contributed by atoms with Gasteiger partial charge in [0.05, 0.1) is 10.2 Å². The van der Waals surface area contributed by atoms with E-state index in [-0.39, 0.29) is 17.9 Å². The van der Waals surface area contributed by atoms with Gasteiger partial charge in [-0.05, 0) is 68.4 Å². The molecule has 0 saturated heterocycles. The average Bonchev–Trinajstić information content (AvgIpc) is 2.70. The molecular formula is C24H25BrN2O2. The van der Waals surface area contributed by atoms with Gasteiger partial charge in [-0.15, -0.1) is 0 Å². The zero-order valence-corrected chi connectivity index (χ0v) is 18.7. The van der Waals surface area contributed by atoms with Crippen LogP contribution in [0.3, 0.4) is 0 Å². The molecule has 1 N–H and O–H groups in total. The maximum Gasteiger partial charge on any atom is 0.277 e. The van der Waals surface area contributed by atoms with Crippen molar-refractivity contribution in [3.63, 3.8) is 0 Å². The molecule has 3 aromatic carbocycles. The minimum atomic E-state index is -0.308. The summed E-state index contributed by atoms with van der Waals surface area (Å²) in [6, 6.07) is 20.2. The van der Waals surface area contributed by atoms with Crippen LogP contribution < -0.4 is 10.2 Å². The maximum absolute atomic E-state index is 12.1. The number of hydrogen-bond donors (Lipinski definition) is 1. The van der Waals surface area contributed by atoms with Crippen LogP contribution in [-0.4, -0.2) is 18.2 Å². The van der Waals surface area contributed by atoms with Gasteiger partial charge < -0.3 is 4.74 Å². The zero-order chi connectivity index (χ0) is 21.0. The first-order valence-electron chi connectivity index (χ1n) is 9.49. The molecule has 29 heavy (non-hydrogen) atoms. The van der Waals surface area contributed by atoms with Gasteiger partial charge in [0.25, 0.3) is 5.91 Å². The molecule has 0 unspecified atom stereocenters. The summed E-state index contributed by atoms with van der Waals surface area (Å²) in [5, 5.41) is 6.52. The maximum atomic E-state index is 12.1. The van der Waals surface area contributed by atoms with E-state index in [2.05, 4.69) is 65.4 Å². The topological polar surface area (TPSA) is 50.7 Å². The number of carbonyl (C=O) groups is 1. The third-order valence-electron chi connectivity index (χ3n) is 4.67. The van der Waals surface area contributed by atoms with Gasteiger partial charge in [-0.25, -0.2) is 5.43 Å². The molecule has 150 valence electrons. The summed E-state index contributed by atoms with van der Waals surface area (Å²) in [4.78, 5) is 12.1. The number of benzene rings is 3. The largest absolute Gasteiger partial charge is 0.483 e. The van der Waals surface area contributed by atoms with Crippen LogP contribution >= 0.6 is 15.9 Å². The van der Waals surface area contributed by atoms with E-state index in [0.29, 0.717) is 5.75 Å². The molecule has 0 spiro atoms. The normalized spacial score (nSPS) is 12.1. The van der Waals surface area contributed by atoms with Crippen LogP contribution in [0.1, 0.15) is 38.8 Å². The number of fused-ring (bicyclic) bond motifs is 1. The highest BCUT2D eigenvalue weighted by Gasteiger charge is 2.15. The molecule has 0 aromatic heterocycles. The minimum Gasteiger partial charge on any atom is -0.483 e. The lowest BCUT2D eigenvalue weighted by molar-refractivity contribution is -0.123. The van der Waals surface area contributed by atoms with Gasteiger partial charge in [0, 0.05) is 0 Å². The molecular weight excluding hydrogens is 428 g/mol. The summed E-state index contributed by atoms with van der Waals surface area (Å²) >= 11 is 3.52. The molecule has 5 heteroatoms. The van der Waals surface area contributed by atoms with Gasteiger partial charge in [-0.2, -0.15) is 5.10 Å². The first-order valence-corrected chi connectivity index (χ1v) is 10.3. The molecule has 3 aromatic rings.